The van der Waals surface area contributed by atoms with E-state index < -0.39 is 23.8 Å². The zero-order valence-corrected chi connectivity index (χ0v) is 21.9. The molecule has 4 rings (SSSR count). The van der Waals surface area contributed by atoms with E-state index in [4.69, 9.17) is 9.47 Å². The Morgan fingerprint density at radius 2 is 1.89 bits per heavy atom. The minimum absolute atomic E-state index is 0.0857. The lowest BCUT2D eigenvalue weighted by Gasteiger charge is -2.26. The Bertz CT molecular complexity index is 1090. The van der Waals surface area contributed by atoms with Gasteiger partial charge in [0.1, 0.15) is 17.4 Å². The molecule has 0 aromatic heterocycles. The Kier molecular flexibility index (Phi) is 10.3. The molecule has 2 aromatic carbocycles. The minimum atomic E-state index is -0.981. The van der Waals surface area contributed by atoms with Gasteiger partial charge >= 0.3 is 0 Å². The molecule has 1 amide bonds. The molecule has 4 atom stereocenters. The second-order valence-corrected chi connectivity index (χ2v) is 10.1. The van der Waals surface area contributed by atoms with E-state index in [1.807, 2.05) is 24.3 Å². The van der Waals surface area contributed by atoms with Crippen LogP contribution >= 0.6 is 0 Å². The molecule has 1 aliphatic carbocycles. The van der Waals surface area contributed by atoms with E-state index in [9.17, 15) is 18.7 Å². The number of fused-ring (bicyclic) bond motifs is 5. The number of amides is 1. The van der Waals surface area contributed by atoms with E-state index in [1.165, 1.54) is 12.1 Å². The molecule has 1 heterocycles. The number of aliphatic hydroxyl groups excluding tert-OH is 1. The van der Waals surface area contributed by atoms with Crippen molar-refractivity contribution in [3.05, 3.63) is 76.9 Å². The number of carbonyl (C=O) groups excluding carboxylic acids is 1. The summed E-state index contributed by atoms with van der Waals surface area (Å²) >= 11 is 0. The van der Waals surface area contributed by atoms with Crippen molar-refractivity contribution in [2.75, 3.05) is 19.8 Å². The first-order valence-corrected chi connectivity index (χ1v) is 13.6. The van der Waals surface area contributed by atoms with Gasteiger partial charge in [-0.05, 0) is 79.5 Å². The highest BCUT2D eigenvalue weighted by molar-refractivity contribution is 5.76. The first kappa shape index (κ1) is 28.2. The van der Waals surface area contributed by atoms with Gasteiger partial charge in [-0.3, -0.25) is 4.79 Å². The number of nitrogens with one attached hydrogen (secondary N) is 2. The lowest BCUT2D eigenvalue weighted by Crippen LogP contribution is -2.49. The highest BCUT2D eigenvalue weighted by Gasteiger charge is 2.33. The van der Waals surface area contributed by atoms with Gasteiger partial charge < -0.3 is 25.2 Å². The molecule has 2 bridgehead atoms. The summed E-state index contributed by atoms with van der Waals surface area (Å²) in [5, 5.41) is 17.5. The zero-order chi connectivity index (χ0) is 26.9. The average Bonchev–Trinajstić information content (AvgIpc) is 3.22. The molecule has 3 N–H and O–H groups in total. The van der Waals surface area contributed by atoms with Gasteiger partial charge in [0, 0.05) is 25.1 Å². The quantitative estimate of drug-likeness (QED) is 0.473. The molecule has 6 nitrogen and oxygen atoms in total. The number of hydrogen-bond acceptors (Lipinski definition) is 5. The monoisotopic (exact) mass is 528 g/mol. The van der Waals surface area contributed by atoms with Gasteiger partial charge in [0.05, 0.1) is 31.5 Å². The Balaban J connectivity index is 1.55. The largest absolute Gasteiger partial charge is 0.494 e. The summed E-state index contributed by atoms with van der Waals surface area (Å²) in [6.45, 7) is 3.37. The second kappa shape index (κ2) is 13.8. The summed E-state index contributed by atoms with van der Waals surface area (Å²) < 4.78 is 39.7. The van der Waals surface area contributed by atoms with Crippen molar-refractivity contribution in [2.24, 2.45) is 0 Å². The number of hydrogen-bond donors (Lipinski definition) is 3. The lowest BCUT2D eigenvalue weighted by atomic mass is 9.99. The number of β-amino-alcohol motifs (C(OH)–C–C–N with tert-alkyl or cyclic N) is 1. The van der Waals surface area contributed by atoms with Crippen LogP contribution in [-0.4, -0.2) is 42.9 Å². The van der Waals surface area contributed by atoms with Gasteiger partial charge in [-0.15, -0.1) is 0 Å². The predicted molar refractivity (Wildman–Crippen MR) is 142 cm³/mol. The fourth-order valence-electron chi connectivity index (χ4n) is 5.13. The topological polar surface area (TPSA) is 79.8 Å². The number of carbonyl (C=O) groups is 1. The molecule has 38 heavy (non-hydrogen) atoms. The SMILES string of the molecule is CCCOc1ccc2c(c1)[C@@H]1C[C@H]2OC/C=C/CCCCC(=O)N[C@@H](Cc2cc(F)cc(F)c2)[C@H](O)CN1. The molecule has 0 fully saturated rings. The molecule has 206 valence electrons. The fraction of sp³-hybridized carbons (Fsp3) is 0.500. The fourth-order valence-corrected chi connectivity index (χ4v) is 5.13. The Hall–Kier alpha value is -2.81. The zero-order valence-electron chi connectivity index (χ0n) is 21.9. The number of allylic oxidation sites excluding steroid dienone is 1. The summed E-state index contributed by atoms with van der Waals surface area (Å²) in [6.07, 6.45) is 7.45. The maximum atomic E-state index is 13.8. The van der Waals surface area contributed by atoms with Crippen LogP contribution in [-0.2, 0) is 16.0 Å². The molecule has 0 radical (unpaired) electrons. The number of halogens is 2. The van der Waals surface area contributed by atoms with Crippen molar-refractivity contribution < 1.29 is 28.2 Å². The van der Waals surface area contributed by atoms with E-state index in [0.29, 0.717) is 38.0 Å². The smallest absolute Gasteiger partial charge is 0.220 e. The van der Waals surface area contributed by atoms with E-state index in [2.05, 4.69) is 23.6 Å². The third kappa shape index (κ3) is 7.85. The number of aliphatic hydroxyl groups is 1. The van der Waals surface area contributed by atoms with E-state index in [1.54, 1.807) is 0 Å². The van der Waals surface area contributed by atoms with Crippen molar-refractivity contribution >= 4 is 5.91 Å². The third-order valence-electron chi connectivity index (χ3n) is 7.05. The standard InChI is InChI=1S/C30H38F2N2O4/c1-2-11-37-23-9-10-24-25(17-23)26-18-29(24)38-12-7-5-3-4-6-8-30(36)34-27(28(35)19-33-26)15-20-13-21(31)16-22(32)14-20/h5,7,9-10,13-14,16-17,26-29,33,35H,2-4,6,8,11-12,15,18-19H2,1H3,(H,34,36)/b7-5+/t26-,27-,28+,29+/m0/s1. The molecule has 8 heteroatoms. The van der Waals surface area contributed by atoms with Gasteiger partial charge in [0.2, 0.25) is 5.91 Å². The summed E-state index contributed by atoms with van der Waals surface area (Å²) in [5.41, 5.74) is 2.53. The van der Waals surface area contributed by atoms with E-state index in [-0.39, 0.29) is 31.0 Å². The van der Waals surface area contributed by atoms with Gasteiger partial charge in [-0.25, -0.2) is 8.78 Å². The van der Waals surface area contributed by atoms with Gasteiger partial charge in [-0.2, -0.15) is 0 Å². The Morgan fingerprint density at radius 1 is 1.08 bits per heavy atom. The summed E-state index contributed by atoms with van der Waals surface area (Å²) in [4.78, 5) is 12.7. The van der Waals surface area contributed by atoms with Crippen LogP contribution in [0.15, 0.2) is 48.6 Å². The van der Waals surface area contributed by atoms with Crippen LogP contribution in [0.2, 0.25) is 0 Å². The molecule has 2 aliphatic rings. The highest BCUT2D eigenvalue weighted by Crippen LogP contribution is 2.42. The highest BCUT2D eigenvalue weighted by atomic mass is 19.1. The first-order chi connectivity index (χ1) is 18.4. The van der Waals surface area contributed by atoms with Crippen molar-refractivity contribution in [3.63, 3.8) is 0 Å². The maximum Gasteiger partial charge on any atom is 0.220 e. The van der Waals surface area contributed by atoms with Crippen LogP contribution in [0.25, 0.3) is 0 Å². The molecule has 0 saturated carbocycles. The third-order valence-corrected chi connectivity index (χ3v) is 7.05. The van der Waals surface area contributed by atoms with Crippen molar-refractivity contribution in [1.82, 2.24) is 10.6 Å². The Labute approximate surface area is 223 Å². The van der Waals surface area contributed by atoms with Gasteiger partial charge in [0.15, 0.2) is 0 Å². The van der Waals surface area contributed by atoms with Gasteiger partial charge in [-0.1, -0.05) is 25.1 Å². The Morgan fingerprint density at radius 3 is 2.68 bits per heavy atom. The lowest BCUT2D eigenvalue weighted by molar-refractivity contribution is -0.122. The van der Waals surface area contributed by atoms with Crippen LogP contribution in [0.1, 0.15) is 74.3 Å². The van der Waals surface area contributed by atoms with Crippen molar-refractivity contribution in [3.8, 4) is 5.75 Å². The van der Waals surface area contributed by atoms with Gasteiger partial charge in [0.25, 0.3) is 0 Å². The normalized spacial score (nSPS) is 25.7. The van der Waals surface area contributed by atoms with Crippen molar-refractivity contribution in [1.29, 1.82) is 0 Å². The predicted octanol–water partition coefficient (Wildman–Crippen LogP) is 5.06. The van der Waals surface area contributed by atoms with E-state index in [0.717, 1.165) is 42.2 Å². The van der Waals surface area contributed by atoms with Crippen LogP contribution in [0, 0.1) is 11.6 Å². The van der Waals surface area contributed by atoms with E-state index >= 15 is 0 Å². The summed E-state index contributed by atoms with van der Waals surface area (Å²) in [6, 6.07) is 8.53. The minimum Gasteiger partial charge on any atom is -0.494 e. The molecule has 0 saturated heterocycles. The summed E-state index contributed by atoms with van der Waals surface area (Å²) in [5.74, 6) is -0.776. The number of benzene rings is 2. The van der Waals surface area contributed by atoms with Crippen LogP contribution in [0.5, 0.6) is 5.75 Å². The molecular weight excluding hydrogens is 490 g/mol. The van der Waals surface area contributed by atoms with Crippen LogP contribution in [0.4, 0.5) is 8.78 Å². The number of rotatable bonds is 5. The second-order valence-electron chi connectivity index (χ2n) is 10.1. The summed E-state index contributed by atoms with van der Waals surface area (Å²) in [7, 11) is 0. The molecule has 0 unspecified atom stereocenters. The van der Waals surface area contributed by atoms with Crippen molar-refractivity contribution in [2.45, 2.75) is 76.2 Å². The molecular formula is C30H38F2N2O4. The van der Waals surface area contributed by atoms with Crippen LogP contribution in [0.3, 0.4) is 0 Å². The first-order valence-electron chi connectivity index (χ1n) is 13.6. The number of ether oxygens (including phenoxy) is 2. The molecule has 2 aromatic rings. The maximum absolute atomic E-state index is 13.8. The average molecular weight is 529 g/mol. The molecule has 1 aliphatic heterocycles. The molecule has 0 spiro atoms. The van der Waals surface area contributed by atoms with Crippen LogP contribution < -0.4 is 15.4 Å².